The number of likely N-dealkylation sites (N-methyl/N-ethyl adjacent to an activating group) is 1. The molecule has 0 aromatic heterocycles. The number of rotatable bonds is 2. The van der Waals surface area contributed by atoms with Gasteiger partial charge in [-0.3, -0.25) is 9.69 Å². The topological polar surface area (TPSA) is 35.6 Å². The monoisotopic (exact) mass is 259 g/mol. The molecule has 0 saturated carbocycles. The molecule has 0 bridgehead atoms. The molecule has 2 fully saturated rings. The lowest BCUT2D eigenvalue weighted by atomic mass is 9.98. The summed E-state index contributed by atoms with van der Waals surface area (Å²) in [6.45, 7) is 4.45. The van der Waals surface area contributed by atoms with E-state index in [1.807, 2.05) is 11.9 Å². The second kappa shape index (κ2) is 5.31. The summed E-state index contributed by atoms with van der Waals surface area (Å²) in [6.07, 6.45) is 1.22. The molecule has 2 aliphatic rings. The molecule has 1 N–H and O–H groups in total. The van der Waals surface area contributed by atoms with Gasteiger partial charge in [-0.1, -0.05) is 12.1 Å². The van der Waals surface area contributed by atoms with Crippen LogP contribution in [0, 0.1) is 0 Å². The van der Waals surface area contributed by atoms with Crippen LogP contribution >= 0.6 is 0 Å². The van der Waals surface area contributed by atoms with E-state index in [4.69, 9.17) is 0 Å². The fourth-order valence-corrected chi connectivity index (χ4v) is 2.93. The van der Waals surface area contributed by atoms with Crippen LogP contribution in [-0.4, -0.2) is 50.6 Å². The molecule has 1 unspecified atom stereocenters. The number of nitrogens with zero attached hydrogens (tertiary/aromatic N) is 2. The van der Waals surface area contributed by atoms with Crippen LogP contribution in [0.5, 0.6) is 0 Å². The zero-order valence-electron chi connectivity index (χ0n) is 11.4. The zero-order valence-corrected chi connectivity index (χ0v) is 11.4. The van der Waals surface area contributed by atoms with E-state index >= 15 is 0 Å². The SMILES string of the molecule is CN1CCN(c2ccc(C3CCNC3)cc2)C(=O)C1. The third-order valence-corrected chi connectivity index (χ3v) is 4.15. The van der Waals surface area contributed by atoms with Gasteiger partial charge in [0.1, 0.15) is 0 Å². The van der Waals surface area contributed by atoms with Crippen LogP contribution in [0.2, 0.25) is 0 Å². The predicted molar refractivity (Wildman–Crippen MR) is 76.5 cm³/mol. The first kappa shape index (κ1) is 12.6. The van der Waals surface area contributed by atoms with E-state index in [0.29, 0.717) is 12.5 Å². The maximum atomic E-state index is 12.0. The highest BCUT2D eigenvalue weighted by molar-refractivity contribution is 5.95. The Hall–Kier alpha value is -1.39. The van der Waals surface area contributed by atoms with Gasteiger partial charge in [-0.05, 0) is 43.6 Å². The Kier molecular flexibility index (Phi) is 3.53. The molecule has 1 aromatic carbocycles. The molecule has 4 nitrogen and oxygen atoms in total. The Morgan fingerprint density at radius 3 is 2.63 bits per heavy atom. The van der Waals surface area contributed by atoms with Crippen LogP contribution in [0.4, 0.5) is 5.69 Å². The maximum absolute atomic E-state index is 12.0. The second-order valence-electron chi connectivity index (χ2n) is 5.56. The summed E-state index contributed by atoms with van der Waals surface area (Å²) in [6, 6.07) is 8.55. The summed E-state index contributed by atoms with van der Waals surface area (Å²) in [5.41, 5.74) is 2.42. The molecule has 0 aliphatic carbocycles. The van der Waals surface area contributed by atoms with Gasteiger partial charge in [0.15, 0.2) is 0 Å². The third kappa shape index (κ3) is 2.65. The molecule has 19 heavy (non-hydrogen) atoms. The Labute approximate surface area is 114 Å². The number of amides is 1. The number of benzene rings is 1. The number of carbonyl (C=O) groups excluding carboxylic acids is 1. The number of nitrogens with one attached hydrogen (secondary N) is 1. The lowest BCUT2D eigenvalue weighted by Gasteiger charge is -2.32. The summed E-state index contributed by atoms with van der Waals surface area (Å²) < 4.78 is 0. The van der Waals surface area contributed by atoms with E-state index in [1.54, 1.807) is 0 Å². The highest BCUT2D eigenvalue weighted by atomic mass is 16.2. The van der Waals surface area contributed by atoms with Crippen LogP contribution in [-0.2, 0) is 4.79 Å². The molecule has 2 heterocycles. The molecular weight excluding hydrogens is 238 g/mol. The Bertz CT molecular complexity index is 451. The van der Waals surface area contributed by atoms with Gasteiger partial charge in [0.25, 0.3) is 0 Å². The molecular formula is C15H21N3O. The van der Waals surface area contributed by atoms with E-state index in [9.17, 15) is 4.79 Å². The Morgan fingerprint density at radius 1 is 1.21 bits per heavy atom. The van der Waals surface area contributed by atoms with E-state index in [-0.39, 0.29) is 5.91 Å². The minimum Gasteiger partial charge on any atom is -0.316 e. The van der Waals surface area contributed by atoms with Gasteiger partial charge in [-0.2, -0.15) is 0 Å². The standard InChI is InChI=1S/C15H21N3O/c1-17-8-9-18(15(19)11-17)14-4-2-12(3-5-14)13-6-7-16-10-13/h2-5,13,16H,6-11H2,1H3. The third-order valence-electron chi connectivity index (χ3n) is 4.15. The fourth-order valence-electron chi connectivity index (χ4n) is 2.93. The lowest BCUT2D eigenvalue weighted by molar-refractivity contribution is -0.120. The van der Waals surface area contributed by atoms with Gasteiger partial charge in [0.2, 0.25) is 5.91 Å². The molecule has 1 aromatic rings. The number of hydrogen-bond acceptors (Lipinski definition) is 3. The summed E-state index contributed by atoms with van der Waals surface area (Å²) in [4.78, 5) is 16.0. The lowest BCUT2D eigenvalue weighted by Crippen LogP contribution is -2.48. The fraction of sp³-hybridized carbons (Fsp3) is 0.533. The van der Waals surface area contributed by atoms with Crippen molar-refractivity contribution in [3.63, 3.8) is 0 Å². The second-order valence-corrected chi connectivity index (χ2v) is 5.56. The quantitative estimate of drug-likeness (QED) is 0.862. The van der Waals surface area contributed by atoms with Gasteiger partial charge in [-0.15, -0.1) is 0 Å². The van der Waals surface area contributed by atoms with Crippen molar-refractivity contribution in [2.45, 2.75) is 12.3 Å². The van der Waals surface area contributed by atoms with E-state index < -0.39 is 0 Å². The van der Waals surface area contributed by atoms with Gasteiger partial charge in [-0.25, -0.2) is 0 Å². The highest BCUT2D eigenvalue weighted by Gasteiger charge is 2.23. The number of carbonyl (C=O) groups is 1. The first-order valence-electron chi connectivity index (χ1n) is 7.03. The van der Waals surface area contributed by atoms with Crippen LogP contribution in [0.1, 0.15) is 17.9 Å². The summed E-state index contributed by atoms with van der Waals surface area (Å²) in [5, 5.41) is 3.39. The highest BCUT2D eigenvalue weighted by Crippen LogP contribution is 2.25. The smallest absolute Gasteiger partial charge is 0.241 e. The van der Waals surface area contributed by atoms with Crippen molar-refractivity contribution in [2.24, 2.45) is 0 Å². The van der Waals surface area contributed by atoms with Crippen molar-refractivity contribution >= 4 is 11.6 Å². The first-order chi connectivity index (χ1) is 9.24. The number of piperazine rings is 1. The summed E-state index contributed by atoms with van der Waals surface area (Å²) in [5.74, 6) is 0.835. The minimum absolute atomic E-state index is 0.198. The largest absolute Gasteiger partial charge is 0.316 e. The Morgan fingerprint density at radius 2 is 2.00 bits per heavy atom. The number of hydrogen-bond donors (Lipinski definition) is 1. The van der Waals surface area contributed by atoms with E-state index in [2.05, 4.69) is 34.5 Å². The molecule has 102 valence electrons. The molecule has 2 aliphatic heterocycles. The van der Waals surface area contributed by atoms with Crippen LogP contribution < -0.4 is 10.2 Å². The molecule has 0 spiro atoms. The van der Waals surface area contributed by atoms with Crippen molar-refractivity contribution in [3.8, 4) is 0 Å². The van der Waals surface area contributed by atoms with Crippen molar-refractivity contribution in [3.05, 3.63) is 29.8 Å². The van der Waals surface area contributed by atoms with Gasteiger partial charge >= 0.3 is 0 Å². The van der Waals surface area contributed by atoms with Crippen molar-refractivity contribution in [2.75, 3.05) is 44.7 Å². The van der Waals surface area contributed by atoms with Crippen molar-refractivity contribution in [1.82, 2.24) is 10.2 Å². The Balaban J connectivity index is 1.73. The molecule has 0 radical (unpaired) electrons. The average Bonchev–Trinajstić information content (AvgIpc) is 2.93. The maximum Gasteiger partial charge on any atom is 0.241 e. The normalized spacial score (nSPS) is 25.0. The summed E-state index contributed by atoms with van der Waals surface area (Å²) >= 11 is 0. The van der Waals surface area contributed by atoms with Crippen molar-refractivity contribution < 1.29 is 4.79 Å². The molecule has 1 amide bonds. The zero-order chi connectivity index (χ0) is 13.2. The van der Waals surface area contributed by atoms with E-state index in [1.165, 1.54) is 12.0 Å². The molecule has 3 rings (SSSR count). The van der Waals surface area contributed by atoms with Crippen molar-refractivity contribution in [1.29, 1.82) is 0 Å². The molecule has 1 atom stereocenters. The molecule has 4 heteroatoms. The molecule has 2 saturated heterocycles. The van der Waals surface area contributed by atoms with Gasteiger partial charge in [0, 0.05) is 25.3 Å². The van der Waals surface area contributed by atoms with Crippen LogP contribution in [0.25, 0.3) is 0 Å². The van der Waals surface area contributed by atoms with Gasteiger partial charge < -0.3 is 10.2 Å². The summed E-state index contributed by atoms with van der Waals surface area (Å²) in [7, 11) is 1.99. The first-order valence-corrected chi connectivity index (χ1v) is 7.03. The van der Waals surface area contributed by atoms with Gasteiger partial charge in [0.05, 0.1) is 6.54 Å². The predicted octanol–water partition coefficient (Wildman–Crippen LogP) is 1.04. The van der Waals surface area contributed by atoms with Crippen LogP contribution in [0.3, 0.4) is 0 Å². The van der Waals surface area contributed by atoms with E-state index in [0.717, 1.165) is 31.9 Å². The average molecular weight is 259 g/mol. The van der Waals surface area contributed by atoms with Crippen LogP contribution in [0.15, 0.2) is 24.3 Å². The minimum atomic E-state index is 0.198. The number of anilines is 1.